The summed E-state index contributed by atoms with van der Waals surface area (Å²) in [5.74, 6) is 0. The van der Waals surface area contributed by atoms with Crippen LogP contribution in [0, 0.1) is 0 Å². The quantitative estimate of drug-likeness (QED) is 0.695. The van der Waals surface area contributed by atoms with E-state index in [1.54, 1.807) is 0 Å². The van der Waals surface area contributed by atoms with Crippen LogP contribution < -0.4 is 0 Å². The lowest BCUT2D eigenvalue weighted by Crippen LogP contribution is -1.47. The van der Waals surface area contributed by atoms with Crippen LogP contribution in [-0.2, 0) is 0 Å². The van der Waals surface area contributed by atoms with Crippen LogP contribution in [0.3, 0.4) is 0 Å². The van der Waals surface area contributed by atoms with Gasteiger partial charge in [-0.25, -0.2) is 0 Å². The van der Waals surface area contributed by atoms with Gasteiger partial charge < -0.3 is 0 Å². The summed E-state index contributed by atoms with van der Waals surface area (Å²) in [6.07, 6.45) is 5.28. The Morgan fingerprint density at radius 2 is 0.500 bits per heavy atom. The molecule has 0 saturated carbocycles. The van der Waals surface area contributed by atoms with Crippen molar-refractivity contribution in [2.24, 2.45) is 0 Å². The van der Waals surface area contributed by atoms with Crippen LogP contribution in [-0.4, -0.2) is 0 Å². The maximum absolute atomic E-state index is 2.18. The largest absolute Gasteiger partial charge is 0.197 e. The van der Waals surface area contributed by atoms with Crippen molar-refractivity contribution in [3.8, 4) is 0 Å². The average Bonchev–Trinajstić information content (AvgIpc) is 1.88. The van der Waals surface area contributed by atoms with Gasteiger partial charge in [0.25, 0.3) is 0 Å². The van der Waals surface area contributed by atoms with Crippen molar-refractivity contribution in [3.05, 3.63) is 0 Å². The van der Waals surface area contributed by atoms with E-state index in [4.69, 9.17) is 0 Å². The summed E-state index contributed by atoms with van der Waals surface area (Å²) >= 11 is 0. The molecule has 0 amide bonds. The highest BCUT2D eigenvalue weighted by Gasteiger charge is 1.56. The molecule has 0 heterocycles. The smallest absolute Gasteiger partial charge is 0.0564 e. The molecule has 0 radical (unpaired) electrons. The maximum atomic E-state index is 2.18. The van der Waals surface area contributed by atoms with Crippen molar-refractivity contribution < 1.29 is 0 Å². The van der Waals surface area contributed by atoms with Crippen LogP contribution in [0.15, 0.2) is 0 Å². The Hall–Kier alpha value is 1.40. The Morgan fingerprint density at radius 3 is 0.500 bits per heavy atom. The molecule has 0 nitrogen and oxygen atoms in total. The Balaban J connectivity index is -0.0000000112. The maximum Gasteiger partial charge on any atom is -0.0564 e. The van der Waals surface area contributed by atoms with Gasteiger partial charge in [-0.15, -0.1) is 0 Å². The van der Waals surface area contributed by atoms with Gasteiger partial charge in [0, 0.05) is 0 Å². The lowest BCUT2D eigenvalue weighted by molar-refractivity contribution is 0.886. The van der Waals surface area contributed by atoms with E-state index in [1.807, 2.05) is 0 Å². The standard InChI is InChI=1S/2C4H10.4H2S/c2*1-3-4-2;;;;/h2*3-4H2,1-2H3;4*1H2. The monoisotopic (exact) mass is 252 g/mol. The van der Waals surface area contributed by atoms with E-state index in [9.17, 15) is 0 Å². The minimum atomic E-state index is 0. The van der Waals surface area contributed by atoms with Crippen molar-refractivity contribution in [3.63, 3.8) is 0 Å². The highest BCUT2D eigenvalue weighted by molar-refractivity contribution is 7.59. The minimum Gasteiger partial charge on any atom is -0.197 e. The van der Waals surface area contributed by atoms with E-state index >= 15 is 0 Å². The Bertz CT molecular complexity index is 19.0. The molecule has 0 aliphatic carbocycles. The molecule has 0 N–H and O–H groups in total. The molecule has 0 saturated heterocycles. The van der Waals surface area contributed by atoms with Gasteiger partial charge >= 0.3 is 0 Å². The second-order valence-electron chi connectivity index (χ2n) is 2.00. The van der Waals surface area contributed by atoms with Gasteiger partial charge in [0.2, 0.25) is 0 Å². The van der Waals surface area contributed by atoms with E-state index in [-0.39, 0.29) is 54.0 Å². The molecule has 0 spiro atoms. The number of rotatable bonds is 2. The fourth-order valence-electron chi connectivity index (χ4n) is 0. The van der Waals surface area contributed by atoms with Crippen LogP contribution in [0.1, 0.15) is 53.4 Å². The van der Waals surface area contributed by atoms with Crippen molar-refractivity contribution in [1.29, 1.82) is 0 Å². The minimum absolute atomic E-state index is 0. The van der Waals surface area contributed by atoms with Crippen molar-refractivity contribution >= 4 is 54.0 Å². The zero-order valence-corrected chi connectivity index (χ0v) is 12.8. The molecule has 0 aromatic heterocycles. The molecule has 0 aliphatic heterocycles. The SMILES string of the molecule is CCCC.CCCC.S.S.S.S. The van der Waals surface area contributed by atoms with Crippen LogP contribution in [0.25, 0.3) is 0 Å². The second-order valence-corrected chi connectivity index (χ2v) is 2.00. The fourth-order valence-corrected chi connectivity index (χ4v) is 0. The first-order valence-electron chi connectivity index (χ1n) is 3.83. The first-order valence-corrected chi connectivity index (χ1v) is 3.83. The summed E-state index contributed by atoms with van der Waals surface area (Å²) in [6, 6.07) is 0. The molecule has 4 heteroatoms. The summed E-state index contributed by atoms with van der Waals surface area (Å²) < 4.78 is 0. The molecule has 12 heavy (non-hydrogen) atoms. The summed E-state index contributed by atoms with van der Waals surface area (Å²) in [4.78, 5) is 0. The van der Waals surface area contributed by atoms with Crippen molar-refractivity contribution in [2.75, 3.05) is 0 Å². The summed E-state index contributed by atoms with van der Waals surface area (Å²) in [6.45, 7) is 8.72. The molecule has 0 aliphatic rings. The predicted octanol–water partition coefficient (Wildman–Crippen LogP) is 4.06. The Kier molecular flexibility index (Phi) is 173. The summed E-state index contributed by atoms with van der Waals surface area (Å²) in [5.41, 5.74) is 0. The van der Waals surface area contributed by atoms with Crippen molar-refractivity contribution in [2.45, 2.75) is 53.4 Å². The van der Waals surface area contributed by atoms with Crippen LogP contribution in [0.4, 0.5) is 0 Å². The zero-order chi connectivity index (χ0) is 6.83. The highest BCUT2D eigenvalue weighted by atomic mass is 32.1. The van der Waals surface area contributed by atoms with Crippen LogP contribution >= 0.6 is 54.0 Å². The van der Waals surface area contributed by atoms with Gasteiger partial charge in [0.05, 0.1) is 0 Å². The lowest BCUT2D eigenvalue weighted by atomic mass is 10.4. The van der Waals surface area contributed by atoms with Gasteiger partial charge in [-0.1, -0.05) is 53.4 Å². The van der Waals surface area contributed by atoms with Gasteiger partial charge in [0.15, 0.2) is 0 Å². The second kappa shape index (κ2) is 55.3. The number of unbranched alkanes of at least 4 members (excludes halogenated alkanes) is 2. The molecule has 0 rings (SSSR count). The highest BCUT2D eigenvalue weighted by Crippen LogP contribution is 1.77. The van der Waals surface area contributed by atoms with E-state index in [0.29, 0.717) is 0 Å². The average molecular weight is 253 g/mol. The normalized spacial score (nSPS) is 5.00. The topological polar surface area (TPSA) is 0 Å². The third-order valence-corrected chi connectivity index (χ3v) is 1.000. The van der Waals surface area contributed by atoms with E-state index in [1.165, 1.54) is 25.7 Å². The molecule has 0 fully saturated rings. The molecule has 0 unspecified atom stereocenters. The number of hydrogen-bond donors (Lipinski definition) is 0. The molecule has 0 atom stereocenters. The molecular weight excluding hydrogens is 224 g/mol. The third kappa shape index (κ3) is 107. The first kappa shape index (κ1) is 37.6. The molecule has 0 bridgehead atoms. The van der Waals surface area contributed by atoms with Gasteiger partial charge in [-0.3, -0.25) is 0 Å². The van der Waals surface area contributed by atoms with Gasteiger partial charge in [-0.05, 0) is 0 Å². The predicted molar refractivity (Wildman–Crippen MR) is 82.7 cm³/mol. The lowest BCUT2D eigenvalue weighted by Gasteiger charge is -1.68. The van der Waals surface area contributed by atoms with E-state index < -0.39 is 0 Å². The Labute approximate surface area is 107 Å². The molecular formula is C8H28S4. The van der Waals surface area contributed by atoms with Gasteiger partial charge in [-0.2, -0.15) is 54.0 Å². The Morgan fingerprint density at radius 1 is 0.417 bits per heavy atom. The molecule has 0 aromatic carbocycles. The van der Waals surface area contributed by atoms with Crippen molar-refractivity contribution in [1.82, 2.24) is 0 Å². The molecule has 0 aromatic rings. The number of hydrogen-bond acceptors (Lipinski definition) is 0. The van der Waals surface area contributed by atoms with E-state index in [2.05, 4.69) is 27.7 Å². The third-order valence-electron chi connectivity index (χ3n) is 1.000. The fraction of sp³-hybridized carbons (Fsp3) is 1.00. The summed E-state index contributed by atoms with van der Waals surface area (Å²) in [5, 5.41) is 0. The van der Waals surface area contributed by atoms with Crippen LogP contribution in [0.2, 0.25) is 0 Å². The zero-order valence-electron chi connectivity index (χ0n) is 8.83. The summed E-state index contributed by atoms with van der Waals surface area (Å²) in [7, 11) is 0. The first-order chi connectivity index (χ1) is 3.83. The van der Waals surface area contributed by atoms with Crippen LogP contribution in [0.5, 0.6) is 0 Å². The van der Waals surface area contributed by atoms with Gasteiger partial charge in [0.1, 0.15) is 0 Å². The van der Waals surface area contributed by atoms with E-state index in [0.717, 1.165) is 0 Å². The molecule has 84 valence electrons.